The minimum Gasteiger partial charge on any atom is -0.497 e. The summed E-state index contributed by atoms with van der Waals surface area (Å²) in [5.41, 5.74) is 6.99. The van der Waals surface area contributed by atoms with Crippen LogP contribution in [0, 0.1) is 17.8 Å². The highest BCUT2D eigenvalue weighted by atomic mass is 16.5. The van der Waals surface area contributed by atoms with E-state index in [1.165, 1.54) is 6.08 Å². The largest absolute Gasteiger partial charge is 0.497 e. The van der Waals surface area contributed by atoms with Gasteiger partial charge in [0.05, 0.1) is 20.3 Å². The summed E-state index contributed by atoms with van der Waals surface area (Å²) in [6.07, 6.45) is 4.33. The van der Waals surface area contributed by atoms with Crippen molar-refractivity contribution in [3.8, 4) is 23.3 Å². The number of nitrogens with two attached hydrogens (primary N) is 1. The van der Waals surface area contributed by atoms with Gasteiger partial charge < -0.3 is 25.4 Å². The Morgan fingerprint density at radius 2 is 1.91 bits per heavy atom. The van der Waals surface area contributed by atoms with Crippen molar-refractivity contribution in [1.82, 2.24) is 14.7 Å². The lowest BCUT2D eigenvalue weighted by Crippen LogP contribution is -2.27. The number of anilines is 1. The van der Waals surface area contributed by atoms with E-state index in [1.807, 2.05) is 0 Å². The molecule has 1 aromatic heterocycles. The van der Waals surface area contributed by atoms with E-state index < -0.39 is 5.91 Å². The first kappa shape index (κ1) is 23.2. The molecular formula is C25H29N5O4. The molecule has 1 unspecified atom stereocenters. The Morgan fingerprint density at radius 1 is 1.21 bits per heavy atom. The zero-order valence-corrected chi connectivity index (χ0v) is 19.5. The number of hydrogen-bond acceptors (Lipinski definition) is 6. The monoisotopic (exact) mass is 463 g/mol. The van der Waals surface area contributed by atoms with E-state index in [-0.39, 0.29) is 17.5 Å². The van der Waals surface area contributed by atoms with Gasteiger partial charge in [0.2, 0.25) is 5.91 Å². The van der Waals surface area contributed by atoms with Gasteiger partial charge in [-0.25, -0.2) is 4.68 Å². The average molecular weight is 464 g/mol. The maximum absolute atomic E-state index is 12.5. The number of carbonyl (C=O) groups is 2. The molecular weight excluding hydrogens is 434 g/mol. The van der Waals surface area contributed by atoms with Crippen LogP contribution < -0.4 is 20.5 Å². The van der Waals surface area contributed by atoms with Crippen LogP contribution in [0.2, 0.25) is 0 Å². The van der Waals surface area contributed by atoms with Crippen molar-refractivity contribution < 1.29 is 19.1 Å². The Morgan fingerprint density at radius 3 is 2.50 bits per heavy atom. The average Bonchev–Trinajstić information content (AvgIpc) is 3.41. The number of benzene rings is 1. The van der Waals surface area contributed by atoms with Crippen molar-refractivity contribution in [3.63, 3.8) is 0 Å². The summed E-state index contributed by atoms with van der Waals surface area (Å²) in [5, 5.41) is 8.07. The van der Waals surface area contributed by atoms with Crippen molar-refractivity contribution in [2.24, 2.45) is 11.7 Å². The first-order valence-corrected chi connectivity index (χ1v) is 11.3. The molecule has 9 heteroatoms. The molecule has 1 atom stereocenters. The zero-order valence-electron chi connectivity index (χ0n) is 19.5. The topological polar surface area (TPSA) is 112 Å². The van der Waals surface area contributed by atoms with E-state index in [0.717, 1.165) is 19.4 Å². The second kappa shape index (κ2) is 9.91. The van der Waals surface area contributed by atoms with Gasteiger partial charge in [-0.2, -0.15) is 5.10 Å². The summed E-state index contributed by atoms with van der Waals surface area (Å²) < 4.78 is 12.4. The van der Waals surface area contributed by atoms with Gasteiger partial charge >= 0.3 is 0 Å². The number of nitrogens with zero attached hydrogens (tertiary/aromatic N) is 3. The van der Waals surface area contributed by atoms with Crippen molar-refractivity contribution in [2.75, 3.05) is 39.2 Å². The lowest BCUT2D eigenvalue weighted by molar-refractivity contribution is -0.125. The Labute approximate surface area is 198 Å². The summed E-state index contributed by atoms with van der Waals surface area (Å²) in [5.74, 6) is 7.69. The highest BCUT2D eigenvalue weighted by Gasteiger charge is 2.32. The highest BCUT2D eigenvalue weighted by Crippen LogP contribution is 2.33. The summed E-state index contributed by atoms with van der Waals surface area (Å²) in [6, 6.07) is 5.21. The minimum absolute atomic E-state index is 0.101. The molecule has 2 heterocycles. The molecule has 0 bridgehead atoms. The van der Waals surface area contributed by atoms with Gasteiger partial charge in [0.1, 0.15) is 22.9 Å². The number of carbonyl (C=O) groups excluding carboxylic acids is 2. The second-order valence-corrected chi connectivity index (χ2v) is 8.49. The number of primary amides is 1. The van der Waals surface area contributed by atoms with Gasteiger partial charge in [0.15, 0.2) is 5.69 Å². The number of aromatic nitrogens is 2. The van der Waals surface area contributed by atoms with Crippen molar-refractivity contribution in [3.05, 3.63) is 47.7 Å². The third kappa shape index (κ3) is 5.01. The fraction of sp³-hybridized carbons (Fsp3) is 0.400. The molecule has 2 aromatic rings. The zero-order chi connectivity index (χ0) is 24.2. The maximum atomic E-state index is 12.5. The van der Waals surface area contributed by atoms with Crippen LogP contribution in [0.25, 0.3) is 0 Å². The van der Waals surface area contributed by atoms with Gasteiger partial charge in [0.25, 0.3) is 5.91 Å². The van der Waals surface area contributed by atoms with Crippen LogP contribution in [0.1, 0.15) is 46.9 Å². The predicted molar refractivity (Wildman–Crippen MR) is 128 cm³/mol. The number of ether oxygens (including phenoxy) is 2. The molecule has 3 N–H and O–H groups in total. The number of likely N-dealkylation sites (tertiary alicyclic amines) is 1. The molecule has 0 spiro atoms. The molecule has 1 aliphatic carbocycles. The van der Waals surface area contributed by atoms with E-state index in [2.05, 4.69) is 28.8 Å². The van der Waals surface area contributed by atoms with Gasteiger partial charge in [0, 0.05) is 31.3 Å². The first-order chi connectivity index (χ1) is 16.4. The molecule has 1 aliphatic heterocycles. The second-order valence-electron chi connectivity index (χ2n) is 8.49. The molecule has 2 fully saturated rings. The standard InChI is InChI=1S/C25H29N5O4/c1-4-22(31)29-10-9-18(15-29)30-25(27-14-16-5-6-16)23(24(26)32)21(28-30)8-7-17-11-19(33-2)13-20(12-17)34-3/h4,11-13,16,18,27H,1,5-6,9-10,14-15H2,2-3H3,(H2,26,32). The number of rotatable bonds is 8. The number of methoxy groups -OCH3 is 2. The predicted octanol–water partition coefficient (Wildman–Crippen LogP) is 2.18. The number of hydrogen-bond donors (Lipinski definition) is 2. The Bertz CT molecular complexity index is 1150. The molecule has 1 saturated heterocycles. The highest BCUT2D eigenvalue weighted by molar-refractivity contribution is 6.00. The quantitative estimate of drug-likeness (QED) is 0.459. The fourth-order valence-electron chi connectivity index (χ4n) is 4.03. The number of amides is 2. The van der Waals surface area contributed by atoms with E-state index in [1.54, 1.807) is 42.0 Å². The lowest BCUT2D eigenvalue weighted by Gasteiger charge is -2.17. The Kier molecular flexibility index (Phi) is 6.77. The SMILES string of the molecule is C=CC(=O)N1CCC(n2nc(C#Cc3cc(OC)cc(OC)c3)c(C(N)=O)c2NCC2CC2)C1. The summed E-state index contributed by atoms with van der Waals surface area (Å²) in [6.45, 7) is 5.37. The van der Waals surface area contributed by atoms with Gasteiger partial charge in [-0.05, 0) is 49.3 Å². The smallest absolute Gasteiger partial charge is 0.255 e. The molecule has 9 nitrogen and oxygen atoms in total. The van der Waals surface area contributed by atoms with Crippen LogP contribution in [-0.4, -0.2) is 60.3 Å². The maximum Gasteiger partial charge on any atom is 0.255 e. The minimum atomic E-state index is -0.603. The van der Waals surface area contributed by atoms with Gasteiger partial charge in [-0.15, -0.1) is 0 Å². The van der Waals surface area contributed by atoms with Crippen molar-refractivity contribution in [1.29, 1.82) is 0 Å². The van der Waals surface area contributed by atoms with Crippen molar-refractivity contribution >= 4 is 17.6 Å². The van der Waals surface area contributed by atoms with Crippen LogP contribution in [-0.2, 0) is 4.79 Å². The Hall–Kier alpha value is -3.93. The Balaban J connectivity index is 1.72. The normalized spacial score (nSPS) is 17.0. The molecule has 2 amide bonds. The van der Waals surface area contributed by atoms with E-state index in [0.29, 0.717) is 54.0 Å². The van der Waals surface area contributed by atoms with Crippen LogP contribution in [0.5, 0.6) is 11.5 Å². The van der Waals surface area contributed by atoms with Crippen LogP contribution in [0.15, 0.2) is 30.9 Å². The summed E-state index contributed by atoms with van der Waals surface area (Å²) in [7, 11) is 3.14. The molecule has 2 aliphatic rings. The van der Waals surface area contributed by atoms with Gasteiger partial charge in [-0.3, -0.25) is 9.59 Å². The van der Waals surface area contributed by atoms with Crippen LogP contribution in [0.4, 0.5) is 5.82 Å². The van der Waals surface area contributed by atoms with Crippen molar-refractivity contribution in [2.45, 2.75) is 25.3 Å². The molecule has 1 saturated carbocycles. The molecule has 178 valence electrons. The van der Waals surface area contributed by atoms with Crippen LogP contribution in [0.3, 0.4) is 0 Å². The van der Waals surface area contributed by atoms with Gasteiger partial charge in [-0.1, -0.05) is 12.5 Å². The molecule has 34 heavy (non-hydrogen) atoms. The van der Waals surface area contributed by atoms with Crippen LogP contribution >= 0.6 is 0 Å². The third-order valence-corrected chi connectivity index (χ3v) is 6.08. The fourth-order valence-corrected chi connectivity index (χ4v) is 4.03. The summed E-state index contributed by atoms with van der Waals surface area (Å²) >= 11 is 0. The summed E-state index contributed by atoms with van der Waals surface area (Å²) in [4.78, 5) is 26.3. The van der Waals surface area contributed by atoms with E-state index in [4.69, 9.17) is 15.2 Å². The third-order valence-electron chi connectivity index (χ3n) is 6.08. The molecule has 1 aromatic carbocycles. The molecule has 0 radical (unpaired) electrons. The van der Waals surface area contributed by atoms with E-state index in [9.17, 15) is 9.59 Å². The lowest BCUT2D eigenvalue weighted by atomic mass is 10.1. The van der Waals surface area contributed by atoms with E-state index >= 15 is 0 Å². The molecule has 4 rings (SSSR count). The first-order valence-electron chi connectivity index (χ1n) is 11.3. The number of nitrogens with one attached hydrogen (secondary N) is 1.